The number of carbonyl (C=O) groups is 2. The van der Waals surface area contributed by atoms with E-state index in [-0.39, 0.29) is 11.4 Å². The van der Waals surface area contributed by atoms with Gasteiger partial charge >= 0.3 is 5.97 Å². The second kappa shape index (κ2) is 4.23. The number of nitrogens with one attached hydrogen (secondary N) is 1. The lowest BCUT2D eigenvalue weighted by atomic mass is 9.57. The average Bonchev–Trinajstić information content (AvgIpc) is 3.20. The molecule has 4 heteroatoms. The Hall–Kier alpha value is -1.06. The summed E-state index contributed by atoms with van der Waals surface area (Å²) >= 11 is 0. The Kier molecular flexibility index (Phi) is 2.74. The van der Waals surface area contributed by atoms with Crippen molar-refractivity contribution in [3.63, 3.8) is 0 Å². The predicted molar refractivity (Wildman–Crippen MR) is 77.7 cm³/mol. The summed E-state index contributed by atoms with van der Waals surface area (Å²) in [5.41, 5.74) is 0.0914. The third-order valence-corrected chi connectivity index (χ3v) is 6.98. The Bertz CT molecular complexity index is 462. The van der Waals surface area contributed by atoms with Crippen molar-refractivity contribution in [1.29, 1.82) is 0 Å². The number of carboxylic acid groups (broad SMARTS) is 1. The molecule has 5 rings (SSSR count). The summed E-state index contributed by atoms with van der Waals surface area (Å²) in [6, 6.07) is 0. The molecule has 0 unspecified atom stereocenters. The number of aliphatic carboxylic acids is 1. The zero-order valence-electron chi connectivity index (χ0n) is 12.6. The minimum absolute atomic E-state index is 0.0880. The van der Waals surface area contributed by atoms with Crippen LogP contribution in [0.15, 0.2) is 0 Å². The first-order chi connectivity index (χ1) is 9.95. The van der Waals surface area contributed by atoms with Crippen LogP contribution in [0.5, 0.6) is 0 Å². The molecular weight excluding hydrogens is 266 g/mol. The molecule has 2 N–H and O–H groups in total. The Balaban J connectivity index is 1.31. The van der Waals surface area contributed by atoms with Crippen molar-refractivity contribution in [1.82, 2.24) is 5.32 Å². The summed E-state index contributed by atoms with van der Waals surface area (Å²) in [6.45, 7) is 0. The van der Waals surface area contributed by atoms with E-state index in [4.69, 9.17) is 0 Å². The van der Waals surface area contributed by atoms with Crippen LogP contribution in [-0.4, -0.2) is 22.5 Å². The van der Waals surface area contributed by atoms with Gasteiger partial charge in [0, 0.05) is 12.0 Å². The lowest BCUT2D eigenvalue weighted by Crippen LogP contribution is -2.58. The number of rotatable bonds is 4. The quantitative estimate of drug-likeness (QED) is 0.837. The van der Waals surface area contributed by atoms with E-state index < -0.39 is 11.4 Å². The highest BCUT2D eigenvalue weighted by molar-refractivity contribution is 5.78. The molecule has 0 aromatic carbocycles. The van der Waals surface area contributed by atoms with Crippen LogP contribution in [0.2, 0.25) is 0 Å². The molecule has 0 aliphatic heterocycles. The van der Waals surface area contributed by atoms with E-state index in [0.717, 1.165) is 38.5 Å². The van der Waals surface area contributed by atoms with Gasteiger partial charge in [0.1, 0.15) is 0 Å². The van der Waals surface area contributed by atoms with Gasteiger partial charge in [-0.05, 0) is 75.5 Å². The molecule has 5 aliphatic rings. The molecule has 5 aliphatic carbocycles. The molecule has 1 amide bonds. The third kappa shape index (κ3) is 2.18. The summed E-state index contributed by atoms with van der Waals surface area (Å²) in [6.07, 6.45) is 10.7. The third-order valence-electron chi connectivity index (χ3n) is 6.98. The first-order valence-corrected chi connectivity index (χ1v) is 8.50. The van der Waals surface area contributed by atoms with E-state index in [9.17, 15) is 14.7 Å². The van der Waals surface area contributed by atoms with E-state index in [0.29, 0.717) is 17.8 Å². The number of carbonyl (C=O) groups excluding carboxylic acids is 1. The standard InChI is InChI=1S/C17H25NO3/c19-13(9-12-10-15(11-12)1-2-15)18-17-6-3-16(4-7-17,5-8-17)14(20)21/h12H,1-11H2,(H,18,19)(H,20,21). The molecule has 0 heterocycles. The second-order valence-corrected chi connectivity index (χ2v) is 8.39. The summed E-state index contributed by atoms with van der Waals surface area (Å²) in [5.74, 6) is 0.181. The molecule has 0 radical (unpaired) electrons. The Labute approximate surface area is 125 Å². The van der Waals surface area contributed by atoms with E-state index in [1.165, 1.54) is 25.7 Å². The van der Waals surface area contributed by atoms with Crippen molar-refractivity contribution < 1.29 is 14.7 Å². The van der Waals surface area contributed by atoms with Crippen molar-refractivity contribution in [3.8, 4) is 0 Å². The monoisotopic (exact) mass is 291 g/mol. The van der Waals surface area contributed by atoms with Crippen molar-refractivity contribution in [2.75, 3.05) is 0 Å². The molecular formula is C17H25NO3. The molecule has 2 bridgehead atoms. The summed E-state index contributed by atoms with van der Waals surface area (Å²) in [5, 5.41) is 12.7. The average molecular weight is 291 g/mol. The van der Waals surface area contributed by atoms with Crippen LogP contribution < -0.4 is 5.32 Å². The van der Waals surface area contributed by atoms with E-state index >= 15 is 0 Å². The van der Waals surface area contributed by atoms with Crippen molar-refractivity contribution >= 4 is 11.9 Å². The fourth-order valence-electron chi connectivity index (χ4n) is 5.20. The Morgan fingerprint density at radius 3 is 2.00 bits per heavy atom. The highest BCUT2D eigenvalue weighted by Crippen LogP contribution is 2.64. The van der Waals surface area contributed by atoms with Gasteiger partial charge in [-0.2, -0.15) is 0 Å². The van der Waals surface area contributed by atoms with Crippen molar-refractivity contribution in [2.24, 2.45) is 16.7 Å². The molecule has 1 spiro atoms. The number of carboxylic acids is 1. The summed E-state index contributed by atoms with van der Waals surface area (Å²) in [4.78, 5) is 23.7. The fourth-order valence-corrected chi connectivity index (χ4v) is 5.20. The summed E-state index contributed by atoms with van der Waals surface area (Å²) < 4.78 is 0. The largest absolute Gasteiger partial charge is 0.481 e. The predicted octanol–water partition coefficient (Wildman–Crippen LogP) is 2.86. The Morgan fingerprint density at radius 1 is 0.952 bits per heavy atom. The summed E-state index contributed by atoms with van der Waals surface area (Å²) in [7, 11) is 0. The maximum Gasteiger partial charge on any atom is 0.309 e. The van der Waals surface area contributed by atoms with Crippen molar-refractivity contribution in [2.45, 2.75) is 76.2 Å². The van der Waals surface area contributed by atoms with Gasteiger partial charge in [0.05, 0.1) is 5.41 Å². The molecule has 5 fully saturated rings. The lowest BCUT2D eigenvalue weighted by molar-refractivity contribution is -0.157. The SMILES string of the molecule is O=C(CC1CC2(CC2)C1)NC12CCC(C(=O)O)(CC1)CC2. The molecule has 0 aromatic heterocycles. The van der Waals surface area contributed by atoms with E-state index in [1.807, 2.05) is 0 Å². The zero-order valence-corrected chi connectivity index (χ0v) is 12.6. The van der Waals surface area contributed by atoms with Gasteiger partial charge in [0.25, 0.3) is 0 Å². The zero-order chi connectivity index (χ0) is 14.7. The highest BCUT2D eigenvalue weighted by atomic mass is 16.4. The van der Waals surface area contributed by atoms with Crippen LogP contribution in [0.1, 0.15) is 70.6 Å². The van der Waals surface area contributed by atoms with Crippen LogP contribution in [0.3, 0.4) is 0 Å². The van der Waals surface area contributed by atoms with Gasteiger partial charge in [-0.1, -0.05) is 0 Å². The highest BCUT2D eigenvalue weighted by Gasteiger charge is 2.55. The normalized spacial score (nSPS) is 39.8. The molecule has 0 aromatic rings. The van der Waals surface area contributed by atoms with Crippen LogP contribution in [0, 0.1) is 16.7 Å². The van der Waals surface area contributed by atoms with Gasteiger partial charge in [0.2, 0.25) is 5.91 Å². The first kappa shape index (κ1) is 13.6. The maximum atomic E-state index is 12.3. The van der Waals surface area contributed by atoms with Crippen LogP contribution in [0.25, 0.3) is 0 Å². The van der Waals surface area contributed by atoms with Crippen LogP contribution in [0.4, 0.5) is 0 Å². The van der Waals surface area contributed by atoms with Gasteiger partial charge in [-0.3, -0.25) is 9.59 Å². The van der Waals surface area contributed by atoms with Gasteiger partial charge in [-0.15, -0.1) is 0 Å². The molecule has 0 saturated heterocycles. The van der Waals surface area contributed by atoms with Gasteiger partial charge in [0.15, 0.2) is 0 Å². The molecule has 21 heavy (non-hydrogen) atoms. The maximum absolute atomic E-state index is 12.3. The fraction of sp³-hybridized carbons (Fsp3) is 0.882. The molecule has 4 nitrogen and oxygen atoms in total. The minimum Gasteiger partial charge on any atom is -0.481 e. The first-order valence-electron chi connectivity index (χ1n) is 8.50. The van der Waals surface area contributed by atoms with Gasteiger partial charge in [-0.25, -0.2) is 0 Å². The van der Waals surface area contributed by atoms with Crippen molar-refractivity contribution in [3.05, 3.63) is 0 Å². The van der Waals surface area contributed by atoms with E-state index in [2.05, 4.69) is 5.32 Å². The minimum atomic E-state index is -0.633. The number of hydrogen-bond acceptors (Lipinski definition) is 2. The molecule has 5 saturated carbocycles. The number of amides is 1. The number of fused-ring (bicyclic) bond motifs is 3. The molecule has 0 atom stereocenters. The molecule has 116 valence electrons. The van der Waals surface area contributed by atoms with Crippen LogP contribution >= 0.6 is 0 Å². The van der Waals surface area contributed by atoms with Gasteiger partial charge < -0.3 is 10.4 Å². The Morgan fingerprint density at radius 2 is 1.52 bits per heavy atom. The van der Waals surface area contributed by atoms with E-state index in [1.54, 1.807) is 0 Å². The number of hydrogen-bond donors (Lipinski definition) is 2. The lowest BCUT2D eigenvalue weighted by Gasteiger charge is -2.51. The second-order valence-electron chi connectivity index (χ2n) is 8.39. The topological polar surface area (TPSA) is 66.4 Å². The smallest absolute Gasteiger partial charge is 0.309 e. The van der Waals surface area contributed by atoms with Crippen LogP contribution in [-0.2, 0) is 9.59 Å².